The fourth-order valence-corrected chi connectivity index (χ4v) is 4.13. The highest BCUT2D eigenvalue weighted by molar-refractivity contribution is 7.14. The van der Waals surface area contributed by atoms with Crippen LogP contribution in [-0.4, -0.2) is 18.4 Å². The van der Waals surface area contributed by atoms with Gasteiger partial charge in [0, 0.05) is 15.6 Å². The van der Waals surface area contributed by atoms with E-state index < -0.39 is 0 Å². The van der Waals surface area contributed by atoms with Gasteiger partial charge in [-0.25, -0.2) is 0 Å². The largest absolute Gasteiger partial charge is 0.342 e. The Labute approximate surface area is 150 Å². The molecule has 1 aliphatic rings. The van der Waals surface area contributed by atoms with Crippen molar-refractivity contribution >= 4 is 40.4 Å². The monoisotopic (exact) mass is 362 g/mol. The second-order valence-electron chi connectivity index (χ2n) is 5.91. The van der Waals surface area contributed by atoms with E-state index in [9.17, 15) is 9.59 Å². The molecule has 1 heterocycles. The van der Waals surface area contributed by atoms with Crippen LogP contribution in [0.4, 0.5) is 5.69 Å². The Bertz CT molecular complexity index is 762. The summed E-state index contributed by atoms with van der Waals surface area (Å²) >= 11 is 7.58. The Morgan fingerprint density at radius 1 is 1.25 bits per heavy atom. The molecule has 2 amide bonds. The molecule has 3 rings (SSSR count). The first-order chi connectivity index (χ1) is 11.5. The number of fused-ring (bicyclic) bond motifs is 1. The number of amides is 2. The number of halogens is 1. The van der Waals surface area contributed by atoms with Crippen molar-refractivity contribution in [2.45, 2.75) is 32.6 Å². The minimum absolute atomic E-state index is 0.0621. The van der Waals surface area contributed by atoms with Crippen LogP contribution in [0.15, 0.2) is 24.3 Å². The molecule has 0 saturated heterocycles. The summed E-state index contributed by atoms with van der Waals surface area (Å²) in [5.41, 5.74) is 2.76. The quantitative estimate of drug-likeness (QED) is 0.864. The molecule has 0 radical (unpaired) electrons. The molecule has 0 spiro atoms. The van der Waals surface area contributed by atoms with E-state index in [1.54, 1.807) is 29.5 Å². The maximum atomic E-state index is 12.2. The summed E-state index contributed by atoms with van der Waals surface area (Å²) in [5.74, 6) is -0.456. The number of carbonyl (C=O) groups is 2. The zero-order valence-corrected chi connectivity index (χ0v) is 15.0. The second-order valence-corrected chi connectivity index (χ2v) is 7.45. The molecule has 0 bridgehead atoms. The summed E-state index contributed by atoms with van der Waals surface area (Å²) in [4.78, 5) is 26.3. The van der Waals surface area contributed by atoms with Gasteiger partial charge in [0.15, 0.2) is 0 Å². The maximum Gasteiger partial charge on any atom is 0.261 e. The molecule has 1 aliphatic carbocycles. The van der Waals surface area contributed by atoms with Gasteiger partial charge in [-0.2, -0.15) is 0 Å². The zero-order chi connectivity index (χ0) is 17.1. The van der Waals surface area contributed by atoms with Crippen LogP contribution in [0.1, 0.15) is 38.5 Å². The lowest BCUT2D eigenvalue weighted by atomic mass is 9.99. The fraction of sp³-hybridized carbons (Fsp3) is 0.333. The third-order valence-corrected chi connectivity index (χ3v) is 5.82. The topological polar surface area (TPSA) is 58.2 Å². The minimum atomic E-state index is -0.268. The molecule has 24 heavy (non-hydrogen) atoms. The molecule has 1 aromatic carbocycles. The molecule has 0 unspecified atom stereocenters. The Kier molecular flexibility index (Phi) is 5.21. The van der Waals surface area contributed by atoms with Crippen molar-refractivity contribution in [1.82, 2.24) is 5.32 Å². The van der Waals surface area contributed by atoms with Gasteiger partial charge in [0.05, 0.1) is 11.4 Å². The lowest BCUT2D eigenvalue weighted by Crippen LogP contribution is -2.32. The summed E-state index contributed by atoms with van der Waals surface area (Å²) in [5, 5.41) is 6.06. The van der Waals surface area contributed by atoms with E-state index in [1.807, 2.05) is 13.0 Å². The van der Waals surface area contributed by atoms with Gasteiger partial charge in [-0.3, -0.25) is 9.59 Å². The Balaban J connectivity index is 1.57. The number of anilines is 1. The molecule has 0 atom stereocenters. The van der Waals surface area contributed by atoms with Crippen LogP contribution in [0.2, 0.25) is 5.02 Å². The number of hydrogen-bond acceptors (Lipinski definition) is 3. The van der Waals surface area contributed by atoms with Crippen LogP contribution < -0.4 is 10.6 Å². The van der Waals surface area contributed by atoms with E-state index in [4.69, 9.17) is 11.6 Å². The van der Waals surface area contributed by atoms with Crippen molar-refractivity contribution in [3.05, 3.63) is 50.2 Å². The van der Waals surface area contributed by atoms with Gasteiger partial charge < -0.3 is 10.6 Å². The molecule has 6 heteroatoms. The molecule has 2 aromatic rings. The van der Waals surface area contributed by atoms with Crippen LogP contribution in [0.5, 0.6) is 0 Å². The summed E-state index contributed by atoms with van der Waals surface area (Å²) in [6.07, 6.45) is 4.48. The van der Waals surface area contributed by atoms with Crippen molar-refractivity contribution in [2.75, 3.05) is 11.9 Å². The first-order valence-corrected chi connectivity index (χ1v) is 9.19. The third kappa shape index (κ3) is 3.79. The first kappa shape index (κ1) is 17.0. The number of rotatable bonds is 4. The summed E-state index contributed by atoms with van der Waals surface area (Å²) in [6.45, 7) is 1.78. The van der Waals surface area contributed by atoms with Crippen LogP contribution in [0.25, 0.3) is 0 Å². The highest BCUT2D eigenvalue weighted by Gasteiger charge is 2.17. The first-order valence-electron chi connectivity index (χ1n) is 7.99. The molecule has 1 aromatic heterocycles. The molecule has 2 N–H and O–H groups in total. The van der Waals surface area contributed by atoms with Crippen LogP contribution >= 0.6 is 22.9 Å². The van der Waals surface area contributed by atoms with Crippen molar-refractivity contribution < 1.29 is 9.59 Å². The van der Waals surface area contributed by atoms with Crippen molar-refractivity contribution in [3.8, 4) is 0 Å². The lowest BCUT2D eigenvalue weighted by molar-refractivity contribution is -0.115. The molecular formula is C18H19ClN2O2S. The smallest absolute Gasteiger partial charge is 0.261 e. The van der Waals surface area contributed by atoms with Gasteiger partial charge in [0.2, 0.25) is 5.91 Å². The van der Waals surface area contributed by atoms with E-state index in [2.05, 4.69) is 10.6 Å². The average Bonchev–Trinajstić information content (AvgIpc) is 3.01. The average molecular weight is 363 g/mol. The molecule has 0 saturated carbocycles. The van der Waals surface area contributed by atoms with E-state index >= 15 is 0 Å². The van der Waals surface area contributed by atoms with E-state index in [0.29, 0.717) is 15.6 Å². The maximum absolute atomic E-state index is 12.2. The predicted octanol–water partition coefficient (Wildman–Crippen LogP) is 3.96. The number of benzene rings is 1. The van der Waals surface area contributed by atoms with Crippen LogP contribution in [-0.2, 0) is 17.6 Å². The predicted molar refractivity (Wildman–Crippen MR) is 98.1 cm³/mol. The van der Waals surface area contributed by atoms with Crippen molar-refractivity contribution in [2.24, 2.45) is 0 Å². The minimum Gasteiger partial charge on any atom is -0.342 e. The van der Waals surface area contributed by atoms with Crippen molar-refractivity contribution in [1.29, 1.82) is 0 Å². The van der Waals surface area contributed by atoms with Gasteiger partial charge in [0.1, 0.15) is 0 Å². The summed E-state index contributed by atoms with van der Waals surface area (Å²) in [7, 11) is 0. The standard InChI is InChI=1S/C18H19ClN2O2S/c1-11-13(19)6-4-7-14(11)21-17(22)10-20-18(23)16-9-12-5-2-3-8-15(12)24-16/h4,6-7,9H,2-3,5,8,10H2,1H3,(H,20,23)(H,21,22). The van der Waals surface area contributed by atoms with E-state index in [-0.39, 0.29) is 18.4 Å². The van der Waals surface area contributed by atoms with Gasteiger partial charge in [-0.1, -0.05) is 17.7 Å². The zero-order valence-electron chi connectivity index (χ0n) is 13.4. The molecule has 126 valence electrons. The molecular weight excluding hydrogens is 344 g/mol. The third-order valence-electron chi connectivity index (χ3n) is 4.17. The second kappa shape index (κ2) is 7.36. The van der Waals surface area contributed by atoms with Gasteiger partial charge >= 0.3 is 0 Å². The van der Waals surface area contributed by atoms with Crippen LogP contribution in [0.3, 0.4) is 0 Å². The lowest BCUT2D eigenvalue weighted by Gasteiger charge is -2.09. The number of thiophene rings is 1. The van der Waals surface area contributed by atoms with E-state index in [0.717, 1.165) is 18.4 Å². The Morgan fingerprint density at radius 3 is 2.83 bits per heavy atom. The highest BCUT2D eigenvalue weighted by Crippen LogP contribution is 2.29. The summed E-state index contributed by atoms with van der Waals surface area (Å²) < 4.78 is 0. The highest BCUT2D eigenvalue weighted by atomic mass is 35.5. The van der Waals surface area contributed by atoms with E-state index in [1.165, 1.54) is 23.3 Å². The molecule has 0 fully saturated rings. The van der Waals surface area contributed by atoms with Gasteiger partial charge in [-0.15, -0.1) is 11.3 Å². The number of carbonyl (C=O) groups excluding carboxylic acids is 2. The van der Waals surface area contributed by atoms with Gasteiger partial charge in [-0.05, 0) is 61.9 Å². The Hall–Kier alpha value is -1.85. The summed E-state index contributed by atoms with van der Waals surface area (Å²) in [6, 6.07) is 7.30. The number of aryl methyl sites for hydroxylation is 2. The molecule has 4 nitrogen and oxygen atoms in total. The van der Waals surface area contributed by atoms with Gasteiger partial charge in [0.25, 0.3) is 5.91 Å². The molecule has 0 aliphatic heterocycles. The number of hydrogen-bond donors (Lipinski definition) is 2. The van der Waals surface area contributed by atoms with Crippen LogP contribution in [0, 0.1) is 6.92 Å². The normalized spacial score (nSPS) is 13.2. The van der Waals surface area contributed by atoms with Crippen molar-refractivity contribution in [3.63, 3.8) is 0 Å². The number of nitrogens with one attached hydrogen (secondary N) is 2. The fourth-order valence-electron chi connectivity index (χ4n) is 2.79. The Morgan fingerprint density at radius 2 is 2.04 bits per heavy atom. The SMILES string of the molecule is Cc1c(Cl)cccc1NC(=O)CNC(=O)c1cc2c(s1)CCCC2.